The van der Waals surface area contributed by atoms with Crippen molar-refractivity contribution in [2.24, 2.45) is 0 Å². The second-order valence-corrected chi connectivity index (χ2v) is 10.7. The van der Waals surface area contributed by atoms with Crippen LogP contribution in [0.5, 0.6) is 17.2 Å². The van der Waals surface area contributed by atoms with Gasteiger partial charge in [0.05, 0.1) is 56.5 Å². The molecule has 0 atom stereocenters. The van der Waals surface area contributed by atoms with E-state index in [1.165, 1.54) is 24.6 Å². The molecule has 0 N–H and O–H groups in total. The fourth-order valence-corrected chi connectivity index (χ4v) is 4.21. The molecule has 17 nitrogen and oxygen atoms in total. The maximum absolute atomic E-state index is 12.8. The summed E-state index contributed by atoms with van der Waals surface area (Å²) in [7, 11) is 6.74. The molecule has 1 aliphatic heterocycles. The number of carbonyl (C=O) groups excluding carboxylic acids is 2. The van der Waals surface area contributed by atoms with E-state index in [4.69, 9.17) is 9.57 Å². The molecule has 1 aliphatic rings. The van der Waals surface area contributed by atoms with Gasteiger partial charge in [-0.3, -0.25) is 34.7 Å². The van der Waals surface area contributed by atoms with Crippen molar-refractivity contribution in [1.29, 1.82) is 0 Å². The molecule has 5 aromatic rings. The van der Waals surface area contributed by atoms with Gasteiger partial charge < -0.3 is 19.0 Å². The number of nitro benzene ring substituents is 2. The summed E-state index contributed by atoms with van der Waals surface area (Å²) in [5, 5.41) is 29.2. The third-order valence-electron chi connectivity index (χ3n) is 7.12. The summed E-state index contributed by atoms with van der Waals surface area (Å²) in [6, 6.07) is 18.7. The molecule has 2 amide bonds. The zero-order valence-corrected chi connectivity index (χ0v) is 31.0. The molecule has 0 unspecified atom stereocenters. The monoisotopic (exact) mass is 808 g/mol. The van der Waals surface area contributed by atoms with Crippen LogP contribution in [0.4, 0.5) is 28.9 Å². The first-order valence-electron chi connectivity index (χ1n) is 15.7. The Hall–Kier alpha value is -6.90. The minimum absolute atomic E-state index is 0. The molecule has 0 bridgehead atoms. The van der Waals surface area contributed by atoms with E-state index in [9.17, 15) is 47.4 Å². The normalized spacial score (nSPS) is 11.2. The number of nitrogens with zero attached hydrogens (tertiary/aromatic N) is 6. The van der Waals surface area contributed by atoms with Crippen molar-refractivity contribution in [3.63, 3.8) is 0 Å². The molecule has 57 heavy (non-hydrogen) atoms. The Balaban J connectivity index is 0.000000358. The van der Waals surface area contributed by atoms with Gasteiger partial charge in [-0.05, 0) is 43.3 Å². The Morgan fingerprint density at radius 1 is 0.667 bits per heavy atom. The Bertz CT molecular complexity index is 2060. The summed E-state index contributed by atoms with van der Waals surface area (Å²) in [6.45, 7) is 3.00. The number of aryl methyl sites for hydroxylation is 1. The molecule has 0 radical (unpaired) electrons. The van der Waals surface area contributed by atoms with E-state index in [0.717, 1.165) is 54.1 Å². The van der Waals surface area contributed by atoms with E-state index in [1.807, 2.05) is 48.5 Å². The van der Waals surface area contributed by atoms with Crippen LogP contribution in [0.3, 0.4) is 0 Å². The molecule has 2 heterocycles. The molecule has 21 heteroatoms. The lowest BCUT2D eigenvalue weighted by Crippen LogP contribution is -2.27. The largest absolute Gasteiger partial charge is 0.497 e. The highest BCUT2D eigenvalue weighted by molar-refractivity contribution is 6.00. The van der Waals surface area contributed by atoms with E-state index in [1.54, 1.807) is 14.2 Å². The summed E-state index contributed by atoms with van der Waals surface area (Å²) in [4.78, 5) is 51.3. The van der Waals surface area contributed by atoms with Crippen LogP contribution in [0.2, 0.25) is 0 Å². The van der Waals surface area contributed by atoms with E-state index >= 15 is 0 Å². The van der Waals surface area contributed by atoms with Gasteiger partial charge in [0.2, 0.25) is 11.6 Å². The number of ether oxygens (including phenoxy) is 3. The second-order valence-electron chi connectivity index (χ2n) is 10.7. The van der Waals surface area contributed by atoms with E-state index < -0.39 is 44.4 Å². The molecule has 1 fully saturated rings. The number of amides is 2. The highest BCUT2D eigenvalue weighted by Gasteiger charge is 2.29. The lowest BCUT2D eigenvalue weighted by atomic mass is 10.2. The van der Waals surface area contributed by atoms with Gasteiger partial charge >= 0.3 is 0 Å². The summed E-state index contributed by atoms with van der Waals surface area (Å²) in [5.41, 5.74) is 1.56. The Kier molecular flexibility index (Phi) is 19.5. The van der Waals surface area contributed by atoms with Crippen molar-refractivity contribution in [3.8, 4) is 17.2 Å². The number of hydrogen-bond donors (Lipinski definition) is 0. The molecule has 0 saturated carbocycles. The number of non-ortho nitro benzene ring substituents is 2. The van der Waals surface area contributed by atoms with Crippen molar-refractivity contribution in [2.75, 3.05) is 35.5 Å². The summed E-state index contributed by atoms with van der Waals surface area (Å²) < 4.78 is 64.9. The highest BCUT2D eigenvalue weighted by Crippen LogP contribution is 2.29. The maximum Gasteiger partial charge on any atom is 0.280 e. The fourth-order valence-electron chi connectivity index (χ4n) is 4.21. The summed E-state index contributed by atoms with van der Waals surface area (Å²) >= 11 is 0. The van der Waals surface area contributed by atoms with Gasteiger partial charge in [0.1, 0.15) is 29.6 Å². The third-order valence-corrected chi connectivity index (χ3v) is 7.12. The zero-order chi connectivity index (χ0) is 42.1. The van der Waals surface area contributed by atoms with Crippen LogP contribution in [0, 0.1) is 57.3 Å². The van der Waals surface area contributed by atoms with Crippen molar-refractivity contribution in [2.45, 2.75) is 34.1 Å². The number of fused-ring (bicyclic) bond motifs is 1. The number of methoxy groups -OCH3 is 3. The van der Waals surface area contributed by atoms with Crippen LogP contribution in [-0.4, -0.2) is 77.4 Å². The second kappa shape index (κ2) is 23.1. The number of rotatable bonds is 7. The maximum atomic E-state index is 12.8. The lowest BCUT2D eigenvalue weighted by molar-refractivity contribution is -0.394. The molecule has 0 aliphatic carbocycles. The molecular weight excluding hydrogens is 768 g/mol. The fraction of sp³-hybridized carbons (Fsp3) is 0.278. The van der Waals surface area contributed by atoms with E-state index in [0.29, 0.717) is 0 Å². The SMILES string of the molecule is C.CON1C(=O)CCC1=O.COc1c(F)c(F)c(C)c(F)c1F.COc1cc([N+](=O)[O-])cc([N+](=O)[O-])c1.COc1ccc(C)cc1.COn1nnc2ccccc21. The Morgan fingerprint density at radius 3 is 1.56 bits per heavy atom. The molecular formula is C36H40F4N6O11. The number of imide groups is 1. The van der Waals surface area contributed by atoms with Gasteiger partial charge in [0.25, 0.3) is 23.2 Å². The molecule has 6 rings (SSSR count). The van der Waals surface area contributed by atoms with Crippen LogP contribution in [-0.2, 0) is 14.4 Å². The van der Waals surface area contributed by atoms with Gasteiger partial charge in [-0.2, -0.15) is 13.8 Å². The van der Waals surface area contributed by atoms with E-state index in [-0.39, 0.29) is 49.2 Å². The van der Waals surface area contributed by atoms with Gasteiger partial charge in [-0.1, -0.05) is 42.1 Å². The number of carbonyl (C=O) groups is 2. The van der Waals surface area contributed by atoms with Gasteiger partial charge in [0.15, 0.2) is 17.4 Å². The van der Waals surface area contributed by atoms with Crippen molar-refractivity contribution in [3.05, 3.63) is 121 Å². The number of nitro groups is 2. The number of benzene rings is 4. The van der Waals surface area contributed by atoms with E-state index in [2.05, 4.69) is 31.5 Å². The Morgan fingerprint density at radius 2 is 1.16 bits per heavy atom. The minimum atomic E-state index is -1.51. The lowest BCUT2D eigenvalue weighted by Gasteiger charge is -2.07. The van der Waals surface area contributed by atoms with Gasteiger partial charge in [-0.15, -0.1) is 5.10 Å². The highest BCUT2D eigenvalue weighted by atomic mass is 19.2. The van der Waals surface area contributed by atoms with Crippen LogP contribution < -0.4 is 19.0 Å². The number of hydrogen-bond acceptors (Lipinski definition) is 13. The van der Waals surface area contributed by atoms with Crippen molar-refractivity contribution in [1.82, 2.24) is 20.2 Å². The predicted octanol–water partition coefficient (Wildman–Crippen LogP) is 6.90. The predicted molar refractivity (Wildman–Crippen MR) is 196 cm³/mol. The molecule has 1 aromatic heterocycles. The number of halogens is 4. The quantitative estimate of drug-likeness (QED) is 0.0541. The first kappa shape index (κ1) is 48.1. The average molecular weight is 809 g/mol. The zero-order valence-electron chi connectivity index (χ0n) is 31.0. The van der Waals surface area contributed by atoms with Crippen LogP contribution >= 0.6 is 0 Å². The standard InChI is InChI=1S/C8H6F4O.C8H10O.C7H7N3O.C7H6N2O5.C5H7NO3.CH4/c1-3-4(9)6(11)8(13-2)7(12)5(3)10;1-7-3-5-8(9-2)6-4-7;1-11-10-7-5-3-2-4-6(7)8-9-10;1-14-7-3-5(8(10)11)2-6(4-7)9(12)13;1-9-6-4(7)2-3-5(6)8;/h1-2H3;3-6H,1-2H3;2-5H,1H3;2-4H,1H3;2-3H2,1H3;1H4. The van der Waals surface area contributed by atoms with Gasteiger partial charge in [0, 0.05) is 18.4 Å². The first-order chi connectivity index (χ1) is 26.5. The number of hydroxylamine groups is 2. The topological polar surface area (TPSA) is 201 Å². The third kappa shape index (κ3) is 13.4. The Labute approximate surface area is 323 Å². The summed E-state index contributed by atoms with van der Waals surface area (Å²) in [6.07, 6.45) is 0.569. The van der Waals surface area contributed by atoms with Crippen LogP contribution in [0.1, 0.15) is 31.4 Å². The minimum Gasteiger partial charge on any atom is -0.497 e. The molecule has 1 saturated heterocycles. The van der Waals surface area contributed by atoms with Gasteiger partial charge in [-0.25, -0.2) is 8.78 Å². The van der Waals surface area contributed by atoms with Crippen molar-refractivity contribution < 1.29 is 60.9 Å². The van der Waals surface area contributed by atoms with Crippen molar-refractivity contribution >= 4 is 34.2 Å². The average Bonchev–Trinajstić information content (AvgIpc) is 3.78. The van der Waals surface area contributed by atoms with Crippen LogP contribution in [0.15, 0.2) is 66.7 Å². The smallest absolute Gasteiger partial charge is 0.280 e. The summed E-state index contributed by atoms with van der Waals surface area (Å²) in [5.74, 6) is -6.43. The first-order valence-corrected chi connectivity index (χ1v) is 15.7. The van der Waals surface area contributed by atoms with Crippen LogP contribution in [0.25, 0.3) is 11.0 Å². The number of para-hydroxylation sites is 1. The molecule has 4 aromatic carbocycles. The number of aromatic nitrogens is 3. The molecule has 308 valence electrons. The molecule has 0 spiro atoms.